The number of amides is 1. The van der Waals surface area contributed by atoms with E-state index in [1.54, 1.807) is 18.2 Å². The standard InChI is InChI=1S/C16H13BrN2O5/c1-10(20)18-15-7-4-12(17)8-14(15)16(21)24-9-11-2-5-13(6-3-11)19(22)23/h2-8H,9H2,1H3,(H,18,20). The van der Waals surface area contributed by atoms with Gasteiger partial charge in [0.05, 0.1) is 16.2 Å². The van der Waals surface area contributed by atoms with Gasteiger partial charge in [-0.2, -0.15) is 0 Å². The highest BCUT2D eigenvalue weighted by Crippen LogP contribution is 2.22. The molecule has 0 fully saturated rings. The molecule has 0 radical (unpaired) electrons. The highest BCUT2D eigenvalue weighted by molar-refractivity contribution is 9.10. The number of hydrogen-bond acceptors (Lipinski definition) is 5. The quantitative estimate of drug-likeness (QED) is 0.475. The first-order valence-electron chi connectivity index (χ1n) is 6.84. The van der Waals surface area contributed by atoms with Crippen molar-refractivity contribution < 1.29 is 19.2 Å². The zero-order chi connectivity index (χ0) is 17.7. The maximum Gasteiger partial charge on any atom is 0.340 e. The van der Waals surface area contributed by atoms with Gasteiger partial charge in [-0.05, 0) is 35.9 Å². The number of carbonyl (C=O) groups is 2. The summed E-state index contributed by atoms with van der Waals surface area (Å²) in [5.41, 5.74) is 1.14. The fraction of sp³-hybridized carbons (Fsp3) is 0.125. The molecule has 124 valence electrons. The van der Waals surface area contributed by atoms with E-state index in [2.05, 4.69) is 21.2 Å². The van der Waals surface area contributed by atoms with Crippen molar-refractivity contribution in [3.63, 3.8) is 0 Å². The van der Waals surface area contributed by atoms with E-state index in [0.717, 1.165) is 0 Å². The van der Waals surface area contributed by atoms with Crippen molar-refractivity contribution in [1.82, 2.24) is 0 Å². The summed E-state index contributed by atoms with van der Waals surface area (Å²) in [6.45, 7) is 1.30. The van der Waals surface area contributed by atoms with Crippen LogP contribution in [0.25, 0.3) is 0 Å². The summed E-state index contributed by atoms with van der Waals surface area (Å²) in [6.07, 6.45) is 0. The molecule has 1 N–H and O–H groups in total. The number of nitrogens with one attached hydrogen (secondary N) is 1. The first kappa shape index (κ1) is 17.6. The number of benzene rings is 2. The summed E-state index contributed by atoms with van der Waals surface area (Å²) in [5.74, 6) is -0.917. The molecule has 0 unspecified atom stereocenters. The number of hydrogen-bond donors (Lipinski definition) is 1. The maximum atomic E-state index is 12.2. The van der Waals surface area contributed by atoms with E-state index < -0.39 is 10.9 Å². The predicted molar refractivity (Wildman–Crippen MR) is 90.7 cm³/mol. The Morgan fingerprint density at radius 1 is 1.21 bits per heavy atom. The topological polar surface area (TPSA) is 98.5 Å². The van der Waals surface area contributed by atoms with Crippen molar-refractivity contribution in [3.8, 4) is 0 Å². The number of non-ortho nitro benzene ring substituents is 1. The van der Waals surface area contributed by atoms with E-state index in [1.165, 1.54) is 31.2 Å². The molecule has 24 heavy (non-hydrogen) atoms. The average molecular weight is 393 g/mol. The van der Waals surface area contributed by atoms with Crippen LogP contribution in [0.5, 0.6) is 0 Å². The number of anilines is 1. The lowest BCUT2D eigenvalue weighted by Crippen LogP contribution is -2.13. The van der Waals surface area contributed by atoms with Gasteiger partial charge in [-0.3, -0.25) is 14.9 Å². The van der Waals surface area contributed by atoms with Crippen LogP contribution in [-0.4, -0.2) is 16.8 Å². The van der Waals surface area contributed by atoms with Gasteiger partial charge in [0.1, 0.15) is 6.61 Å². The normalized spacial score (nSPS) is 10.1. The summed E-state index contributed by atoms with van der Waals surface area (Å²) >= 11 is 3.26. The molecule has 8 heteroatoms. The molecule has 0 aliphatic carbocycles. The smallest absolute Gasteiger partial charge is 0.340 e. The largest absolute Gasteiger partial charge is 0.457 e. The number of ether oxygens (including phenoxy) is 1. The molecule has 0 bridgehead atoms. The van der Waals surface area contributed by atoms with Crippen LogP contribution in [0.1, 0.15) is 22.8 Å². The van der Waals surface area contributed by atoms with E-state index in [-0.39, 0.29) is 23.8 Å². The molecule has 2 aromatic carbocycles. The summed E-state index contributed by atoms with van der Waals surface area (Å²) in [4.78, 5) is 33.6. The van der Waals surface area contributed by atoms with Gasteiger partial charge in [0, 0.05) is 23.5 Å². The Balaban J connectivity index is 2.10. The number of carbonyl (C=O) groups excluding carboxylic acids is 2. The van der Waals surface area contributed by atoms with Crippen LogP contribution in [0.4, 0.5) is 11.4 Å². The van der Waals surface area contributed by atoms with Gasteiger partial charge in [0.25, 0.3) is 5.69 Å². The summed E-state index contributed by atoms with van der Waals surface area (Å²) in [7, 11) is 0. The van der Waals surface area contributed by atoms with Gasteiger partial charge in [-0.25, -0.2) is 4.79 Å². The summed E-state index contributed by atoms with van der Waals surface area (Å²) in [6, 6.07) is 10.5. The van der Waals surface area contributed by atoms with E-state index in [1.807, 2.05) is 0 Å². The highest BCUT2D eigenvalue weighted by Gasteiger charge is 2.15. The van der Waals surface area contributed by atoms with Crippen LogP contribution in [0.3, 0.4) is 0 Å². The van der Waals surface area contributed by atoms with Crippen LogP contribution >= 0.6 is 15.9 Å². The zero-order valence-corrected chi connectivity index (χ0v) is 14.2. The zero-order valence-electron chi connectivity index (χ0n) is 12.6. The molecule has 2 aromatic rings. The molecule has 1 amide bonds. The first-order valence-corrected chi connectivity index (χ1v) is 7.63. The second kappa shape index (κ2) is 7.69. The minimum atomic E-state index is -0.613. The molecular formula is C16H13BrN2O5. The number of nitro groups is 1. The lowest BCUT2D eigenvalue weighted by molar-refractivity contribution is -0.384. The van der Waals surface area contributed by atoms with Crippen LogP contribution in [0, 0.1) is 10.1 Å². The molecule has 0 aliphatic rings. The van der Waals surface area contributed by atoms with E-state index >= 15 is 0 Å². The van der Waals surface area contributed by atoms with Gasteiger partial charge in [0.2, 0.25) is 5.91 Å². The first-order chi connectivity index (χ1) is 11.4. The maximum absolute atomic E-state index is 12.2. The summed E-state index contributed by atoms with van der Waals surface area (Å²) < 4.78 is 5.88. The third-order valence-electron chi connectivity index (χ3n) is 3.03. The molecule has 0 spiro atoms. The predicted octanol–water partition coefficient (Wildman–Crippen LogP) is 3.67. The van der Waals surface area contributed by atoms with Crippen LogP contribution in [0.15, 0.2) is 46.9 Å². The second-order valence-corrected chi connectivity index (χ2v) is 5.79. The van der Waals surface area contributed by atoms with Crippen LogP contribution < -0.4 is 5.32 Å². The Hall–Kier alpha value is -2.74. The van der Waals surface area contributed by atoms with Gasteiger partial charge < -0.3 is 10.1 Å². The number of nitro benzene ring substituents is 1. The lowest BCUT2D eigenvalue weighted by Gasteiger charge is -2.10. The summed E-state index contributed by atoms with van der Waals surface area (Å²) in [5, 5.41) is 13.2. The molecule has 0 aromatic heterocycles. The lowest BCUT2D eigenvalue weighted by atomic mass is 10.1. The molecule has 2 rings (SSSR count). The number of nitrogens with zero attached hydrogens (tertiary/aromatic N) is 1. The van der Waals surface area contributed by atoms with Crippen molar-refractivity contribution in [3.05, 3.63) is 68.2 Å². The van der Waals surface area contributed by atoms with E-state index in [9.17, 15) is 19.7 Å². The average Bonchev–Trinajstić information content (AvgIpc) is 2.54. The molecule has 0 aliphatic heterocycles. The fourth-order valence-electron chi connectivity index (χ4n) is 1.92. The Kier molecular flexibility index (Phi) is 5.64. The van der Waals surface area contributed by atoms with Crippen molar-refractivity contribution in [2.45, 2.75) is 13.5 Å². The van der Waals surface area contributed by atoms with Crippen molar-refractivity contribution in [1.29, 1.82) is 0 Å². The minimum absolute atomic E-state index is 0.0370. The Bertz CT molecular complexity index is 790. The van der Waals surface area contributed by atoms with E-state index in [4.69, 9.17) is 4.74 Å². The third kappa shape index (κ3) is 4.63. The number of esters is 1. The number of halogens is 1. The molecule has 0 saturated heterocycles. The molecule has 0 saturated carbocycles. The highest BCUT2D eigenvalue weighted by atomic mass is 79.9. The second-order valence-electron chi connectivity index (χ2n) is 4.87. The molecule has 7 nitrogen and oxygen atoms in total. The minimum Gasteiger partial charge on any atom is -0.457 e. The van der Waals surface area contributed by atoms with Crippen molar-refractivity contribution in [2.75, 3.05) is 5.32 Å². The van der Waals surface area contributed by atoms with Crippen LogP contribution in [0.2, 0.25) is 0 Å². The van der Waals surface area contributed by atoms with Gasteiger partial charge >= 0.3 is 5.97 Å². The van der Waals surface area contributed by atoms with Crippen molar-refractivity contribution >= 4 is 39.2 Å². The monoisotopic (exact) mass is 392 g/mol. The number of rotatable bonds is 5. The van der Waals surface area contributed by atoms with Gasteiger partial charge in [-0.1, -0.05) is 15.9 Å². The fourth-order valence-corrected chi connectivity index (χ4v) is 2.29. The molecular weight excluding hydrogens is 380 g/mol. The third-order valence-corrected chi connectivity index (χ3v) is 3.52. The Labute approximate surface area is 145 Å². The molecule has 0 atom stereocenters. The molecule has 0 heterocycles. The van der Waals surface area contributed by atoms with E-state index in [0.29, 0.717) is 15.7 Å². The van der Waals surface area contributed by atoms with Crippen molar-refractivity contribution in [2.24, 2.45) is 0 Å². The van der Waals surface area contributed by atoms with Gasteiger partial charge in [-0.15, -0.1) is 0 Å². The van der Waals surface area contributed by atoms with Gasteiger partial charge in [0.15, 0.2) is 0 Å². The SMILES string of the molecule is CC(=O)Nc1ccc(Br)cc1C(=O)OCc1ccc([N+](=O)[O-])cc1. The van der Waals surface area contributed by atoms with Crippen LogP contribution in [-0.2, 0) is 16.1 Å². The Morgan fingerprint density at radius 2 is 1.88 bits per heavy atom. The Morgan fingerprint density at radius 3 is 2.46 bits per heavy atom.